The largest absolute Gasteiger partial charge is 0.494 e. The second-order valence-corrected chi connectivity index (χ2v) is 9.22. The Bertz CT molecular complexity index is 876. The van der Waals surface area contributed by atoms with Crippen LogP contribution in [-0.2, 0) is 16.0 Å². The summed E-state index contributed by atoms with van der Waals surface area (Å²) in [6.45, 7) is 6.76. The van der Waals surface area contributed by atoms with Crippen LogP contribution in [0.5, 0.6) is 5.75 Å². The quantitative estimate of drug-likeness (QED) is 0.0800. The Morgan fingerprint density at radius 1 is 0.722 bits per heavy atom. The fourth-order valence-corrected chi connectivity index (χ4v) is 3.90. The van der Waals surface area contributed by atoms with Crippen molar-refractivity contribution in [2.45, 2.75) is 90.4 Å². The van der Waals surface area contributed by atoms with Crippen LogP contribution in [0.25, 0.3) is 0 Å². The summed E-state index contributed by atoms with van der Waals surface area (Å²) in [5, 5.41) is 8.72. The predicted molar refractivity (Wildman–Crippen MR) is 148 cm³/mol. The van der Waals surface area contributed by atoms with Gasteiger partial charge in [-0.05, 0) is 80.5 Å². The third-order valence-electron chi connectivity index (χ3n) is 6.09. The molecule has 0 aliphatic heterocycles. The number of hydrogen-bond acceptors (Lipinski definition) is 5. The van der Waals surface area contributed by atoms with Crippen molar-refractivity contribution in [3.63, 3.8) is 0 Å². The molecular weight excluding hydrogens is 448 g/mol. The van der Waals surface area contributed by atoms with Crippen molar-refractivity contribution in [3.8, 4) is 5.75 Å². The van der Waals surface area contributed by atoms with E-state index in [1.807, 2.05) is 36.4 Å². The van der Waals surface area contributed by atoms with Crippen LogP contribution in [-0.4, -0.2) is 19.2 Å². The van der Waals surface area contributed by atoms with Crippen molar-refractivity contribution in [1.82, 2.24) is 0 Å². The van der Waals surface area contributed by atoms with E-state index in [0.717, 1.165) is 49.2 Å². The zero-order valence-corrected chi connectivity index (χ0v) is 22.1. The lowest BCUT2D eigenvalue weighted by molar-refractivity contribution is -0.137. The molecule has 0 aromatic heterocycles. The van der Waals surface area contributed by atoms with Gasteiger partial charge in [-0.2, -0.15) is 10.2 Å². The van der Waals surface area contributed by atoms with Crippen molar-refractivity contribution < 1.29 is 14.3 Å². The molecule has 5 nitrogen and oxygen atoms in total. The molecule has 2 aromatic rings. The van der Waals surface area contributed by atoms with Crippen molar-refractivity contribution in [3.05, 3.63) is 66.7 Å². The van der Waals surface area contributed by atoms with Crippen LogP contribution in [0, 0.1) is 0 Å². The van der Waals surface area contributed by atoms with Gasteiger partial charge in [-0.3, -0.25) is 0 Å². The molecule has 2 rings (SSSR count). The lowest BCUT2D eigenvalue weighted by Gasteiger charge is -2.06. The molecule has 0 spiro atoms. The van der Waals surface area contributed by atoms with Gasteiger partial charge in [0.05, 0.1) is 24.6 Å². The topological polar surface area (TPSA) is 60.2 Å². The molecule has 0 fully saturated rings. The lowest BCUT2D eigenvalue weighted by Crippen LogP contribution is -2.02. The van der Waals surface area contributed by atoms with Gasteiger partial charge in [0, 0.05) is 6.08 Å². The summed E-state index contributed by atoms with van der Waals surface area (Å²) in [5.74, 6) is 0.475. The average molecular weight is 493 g/mol. The first-order valence-corrected chi connectivity index (χ1v) is 13.7. The first-order valence-electron chi connectivity index (χ1n) is 13.7. The predicted octanol–water partition coefficient (Wildman–Crippen LogP) is 9.45. The van der Waals surface area contributed by atoms with Crippen LogP contribution in [0.3, 0.4) is 0 Å². The summed E-state index contributed by atoms with van der Waals surface area (Å²) in [5.41, 5.74) is 3.05. The smallest absolute Gasteiger partial charge is 0.330 e. The van der Waals surface area contributed by atoms with Crippen LogP contribution in [0.2, 0.25) is 0 Å². The number of ether oxygens (including phenoxy) is 2. The summed E-state index contributed by atoms with van der Waals surface area (Å²) in [6, 6.07) is 16.1. The number of aryl methyl sites for hydroxylation is 1. The van der Waals surface area contributed by atoms with Gasteiger partial charge in [-0.15, -0.1) is 0 Å². The SMILES string of the molecule is C=CC(=O)OCCCCCCOc1ccc(N=Nc2ccc(CCCCCCCCCC)cc2)cc1. The van der Waals surface area contributed by atoms with Crippen LogP contribution < -0.4 is 4.74 Å². The highest BCUT2D eigenvalue weighted by Crippen LogP contribution is 2.22. The summed E-state index contributed by atoms with van der Waals surface area (Å²) in [6.07, 6.45) is 17.0. The lowest BCUT2D eigenvalue weighted by atomic mass is 10.0. The molecule has 36 heavy (non-hydrogen) atoms. The van der Waals surface area contributed by atoms with Crippen molar-refractivity contribution in [2.75, 3.05) is 13.2 Å². The monoisotopic (exact) mass is 492 g/mol. The molecule has 0 bridgehead atoms. The van der Waals surface area contributed by atoms with E-state index in [2.05, 4.69) is 35.9 Å². The zero-order chi connectivity index (χ0) is 25.7. The Kier molecular flexibility index (Phi) is 15.7. The summed E-state index contributed by atoms with van der Waals surface area (Å²) in [7, 11) is 0. The molecule has 0 N–H and O–H groups in total. The number of nitrogens with zero attached hydrogens (tertiary/aromatic N) is 2. The minimum Gasteiger partial charge on any atom is -0.494 e. The molecule has 196 valence electrons. The van der Waals surface area contributed by atoms with E-state index >= 15 is 0 Å². The number of carbonyl (C=O) groups excluding carboxylic acids is 1. The van der Waals surface area contributed by atoms with Gasteiger partial charge in [0.2, 0.25) is 0 Å². The zero-order valence-electron chi connectivity index (χ0n) is 22.1. The van der Waals surface area contributed by atoms with Gasteiger partial charge in [0.15, 0.2) is 0 Å². The number of carbonyl (C=O) groups is 1. The van der Waals surface area contributed by atoms with Crippen LogP contribution in [0.15, 0.2) is 71.4 Å². The number of esters is 1. The molecule has 0 radical (unpaired) electrons. The van der Waals surface area contributed by atoms with E-state index in [9.17, 15) is 4.79 Å². The number of azo groups is 1. The molecule has 0 unspecified atom stereocenters. The van der Waals surface area contributed by atoms with Crippen molar-refractivity contribution >= 4 is 17.3 Å². The fraction of sp³-hybridized carbons (Fsp3) is 0.516. The Morgan fingerprint density at radius 3 is 1.86 bits per heavy atom. The maximum absolute atomic E-state index is 11.0. The van der Waals surface area contributed by atoms with Gasteiger partial charge < -0.3 is 9.47 Å². The van der Waals surface area contributed by atoms with E-state index < -0.39 is 0 Å². The average Bonchev–Trinajstić information content (AvgIpc) is 2.91. The van der Waals surface area contributed by atoms with Gasteiger partial charge in [-0.25, -0.2) is 4.79 Å². The molecule has 0 saturated heterocycles. The molecule has 0 aliphatic carbocycles. The molecule has 0 amide bonds. The Labute approximate surface area is 218 Å². The number of unbranched alkanes of at least 4 members (excludes halogenated alkanes) is 10. The summed E-state index contributed by atoms with van der Waals surface area (Å²) in [4.78, 5) is 11.0. The first kappa shape index (κ1) is 29.3. The maximum atomic E-state index is 11.0. The van der Waals surface area contributed by atoms with Gasteiger partial charge in [0.25, 0.3) is 0 Å². The highest BCUT2D eigenvalue weighted by molar-refractivity contribution is 5.81. The minimum atomic E-state index is -0.358. The third-order valence-corrected chi connectivity index (χ3v) is 6.09. The normalized spacial score (nSPS) is 11.0. The van der Waals surface area contributed by atoms with E-state index in [1.54, 1.807) is 0 Å². The van der Waals surface area contributed by atoms with Gasteiger partial charge >= 0.3 is 5.97 Å². The molecule has 2 aromatic carbocycles. The number of benzene rings is 2. The molecule has 0 aliphatic rings. The first-order chi connectivity index (χ1) is 17.7. The third kappa shape index (κ3) is 13.8. The van der Waals surface area contributed by atoms with E-state index in [0.29, 0.717) is 13.2 Å². The molecule has 0 saturated carbocycles. The fourth-order valence-electron chi connectivity index (χ4n) is 3.90. The second kappa shape index (κ2) is 19.3. The standard InChI is InChI=1S/C31H44N2O3/c1-3-5-6-7-8-9-10-13-16-27-17-19-28(20-18-27)32-33-29-21-23-30(24-22-29)35-25-14-11-12-15-26-36-31(34)4-2/h4,17-24H,2-3,5-16,25-26H2,1H3. The molecular formula is C31H44N2O3. The van der Waals surface area contributed by atoms with Crippen LogP contribution >= 0.6 is 0 Å². The highest BCUT2D eigenvalue weighted by Gasteiger charge is 1.99. The summed E-state index contributed by atoms with van der Waals surface area (Å²) >= 11 is 0. The van der Waals surface area contributed by atoms with E-state index in [4.69, 9.17) is 9.47 Å². The van der Waals surface area contributed by atoms with E-state index in [-0.39, 0.29) is 5.97 Å². The Hall–Kier alpha value is -2.95. The molecule has 5 heteroatoms. The number of hydrogen-bond donors (Lipinski definition) is 0. The Balaban J connectivity index is 1.58. The van der Waals surface area contributed by atoms with E-state index in [1.165, 1.54) is 63.0 Å². The second-order valence-electron chi connectivity index (χ2n) is 9.22. The maximum Gasteiger partial charge on any atom is 0.330 e. The van der Waals surface area contributed by atoms with Gasteiger partial charge in [0.1, 0.15) is 5.75 Å². The van der Waals surface area contributed by atoms with Crippen LogP contribution in [0.4, 0.5) is 11.4 Å². The highest BCUT2D eigenvalue weighted by atomic mass is 16.5. The van der Waals surface area contributed by atoms with Crippen LogP contribution in [0.1, 0.15) is 89.5 Å². The number of rotatable bonds is 20. The van der Waals surface area contributed by atoms with Crippen molar-refractivity contribution in [2.24, 2.45) is 10.2 Å². The van der Waals surface area contributed by atoms with Crippen molar-refractivity contribution in [1.29, 1.82) is 0 Å². The summed E-state index contributed by atoms with van der Waals surface area (Å²) < 4.78 is 10.8. The van der Waals surface area contributed by atoms with Gasteiger partial charge in [-0.1, -0.05) is 70.6 Å². The molecule has 0 atom stereocenters. The molecule has 0 heterocycles. The minimum absolute atomic E-state index is 0.358. The Morgan fingerprint density at radius 2 is 1.25 bits per heavy atom.